The number of rotatable bonds is 7. The van der Waals surface area contributed by atoms with Crippen LogP contribution in [0.15, 0.2) is 61.2 Å². The van der Waals surface area contributed by atoms with Crippen LogP contribution in [0, 0.1) is 11.3 Å². The first-order valence-corrected chi connectivity index (χ1v) is 9.32. The Labute approximate surface area is 170 Å². The van der Waals surface area contributed by atoms with Gasteiger partial charge in [-0.25, -0.2) is 9.78 Å². The van der Waals surface area contributed by atoms with E-state index in [2.05, 4.69) is 21.7 Å². The first-order chi connectivity index (χ1) is 14.0. The molecule has 0 atom stereocenters. The van der Waals surface area contributed by atoms with Crippen molar-refractivity contribution >= 4 is 11.7 Å². The second kappa shape index (κ2) is 9.42. The number of hydrogen-bond acceptors (Lipinski definition) is 4. The van der Waals surface area contributed by atoms with Gasteiger partial charge in [0.05, 0.1) is 29.8 Å². The second-order valence-electron chi connectivity index (χ2n) is 6.85. The van der Waals surface area contributed by atoms with Crippen LogP contribution in [0.2, 0.25) is 0 Å². The highest BCUT2D eigenvalue weighted by Crippen LogP contribution is 2.26. The van der Waals surface area contributed by atoms with Gasteiger partial charge in [-0.05, 0) is 43.2 Å². The SMILES string of the molecule is CC(C)Oc1ccc(C#N)cc1NC(=O)NCc1cccc(Cn2ccnc2)c1. The van der Waals surface area contributed by atoms with Crippen molar-refractivity contribution in [2.45, 2.75) is 33.0 Å². The molecule has 0 saturated heterocycles. The summed E-state index contributed by atoms with van der Waals surface area (Å²) in [5.74, 6) is 0.525. The number of anilines is 1. The van der Waals surface area contributed by atoms with Gasteiger partial charge in [0.2, 0.25) is 0 Å². The number of imidazole rings is 1. The van der Waals surface area contributed by atoms with Crippen LogP contribution in [0.3, 0.4) is 0 Å². The van der Waals surface area contributed by atoms with E-state index in [0.29, 0.717) is 23.5 Å². The van der Waals surface area contributed by atoms with Crippen molar-refractivity contribution in [2.75, 3.05) is 5.32 Å². The summed E-state index contributed by atoms with van der Waals surface area (Å²) in [6, 6.07) is 14.7. The molecular weight excluding hydrogens is 366 g/mol. The fourth-order valence-corrected chi connectivity index (χ4v) is 2.83. The lowest BCUT2D eigenvalue weighted by molar-refractivity contribution is 0.241. The van der Waals surface area contributed by atoms with Crippen LogP contribution >= 0.6 is 0 Å². The third-order valence-corrected chi connectivity index (χ3v) is 4.09. The predicted molar refractivity (Wildman–Crippen MR) is 111 cm³/mol. The monoisotopic (exact) mass is 389 g/mol. The van der Waals surface area contributed by atoms with E-state index in [1.165, 1.54) is 0 Å². The molecular formula is C22H23N5O2. The van der Waals surface area contributed by atoms with Crippen molar-refractivity contribution in [1.29, 1.82) is 5.26 Å². The highest BCUT2D eigenvalue weighted by molar-refractivity contribution is 5.91. The molecule has 0 spiro atoms. The number of amides is 2. The smallest absolute Gasteiger partial charge is 0.319 e. The van der Waals surface area contributed by atoms with E-state index >= 15 is 0 Å². The summed E-state index contributed by atoms with van der Waals surface area (Å²) in [7, 11) is 0. The van der Waals surface area contributed by atoms with Gasteiger partial charge in [-0.2, -0.15) is 5.26 Å². The quantitative estimate of drug-likeness (QED) is 0.641. The molecule has 29 heavy (non-hydrogen) atoms. The van der Waals surface area contributed by atoms with E-state index in [0.717, 1.165) is 17.7 Å². The predicted octanol–water partition coefficient (Wildman–Crippen LogP) is 3.91. The Morgan fingerprint density at radius 1 is 1.24 bits per heavy atom. The Morgan fingerprint density at radius 2 is 2.07 bits per heavy atom. The number of carbonyl (C=O) groups excluding carboxylic acids is 1. The van der Waals surface area contributed by atoms with E-state index in [9.17, 15) is 4.79 Å². The van der Waals surface area contributed by atoms with Crippen LogP contribution in [0.25, 0.3) is 0 Å². The van der Waals surface area contributed by atoms with Crippen LogP contribution in [0.5, 0.6) is 5.75 Å². The molecule has 2 amide bonds. The highest BCUT2D eigenvalue weighted by Gasteiger charge is 2.11. The van der Waals surface area contributed by atoms with Crippen molar-refractivity contribution in [3.05, 3.63) is 77.9 Å². The van der Waals surface area contributed by atoms with Crippen LogP contribution in [-0.4, -0.2) is 21.7 Å². The minimum Gasteiger partial charge on any atom is -0.489 e. The average molecular weight is 389 g/mol. The molecule has 0 saturated carbocycles. The third kappa shape index (κ3) is 5.84. The number of hydrogen-bond donors (Lipinski definition) is 2. The van der Waals surface area contributed by atoms with Crippen molar-refractivity contribution in [3.63, 3.8) is 0 Å². The molecule has 3 aromatic rings. The lowest BCUT2D eigenvalue weighted by Gasteiger charge is -2.15. The highest BCUT2D eigenvalue weighted by atomic mass is 16.5. The Hall–Kier alpha value is -3.79. The summed E-state index contributed by atoms with van der Waals surface area (Å²) >= 11 is 0. The second-order valence-corrected chi connectivity index (χ2v) is 6.85. The molecule has 0 bridgehead atoms. The molecule has 3 rings (SSSR count). The zero-order valence-electron chi connectivity index (χ0n) is 16.4. The maximum Gasteiger partial charge on any atom is 0.319 e. The fraction of sp³-hybridized carbons (Fsp3) is 0.227. The number of carbonyl (C=O) groups is 1. The number of ether oxygens (including phenoxy) is 1. The Kier molecular flexibility index (Phi) is 6.48. The molecule has 0 fully saturated rings. The maximum absolute atomic E-state index is 12.4. The van der Waals surface area contributed by atoms with E-state index in [1.807, 2.05) is 48.9 Å². The summed E-state index contributed by atoms with van der Waals surface area (Å²) < 4.78 is 7.70. The molecule has 1 aromatic heterocycles. The fourth-order valence-electron chi connectivity index (χ4n) is 2.83. The number of nitriles is 1. The van der Waals surface area contributed by atoms with Crippen molar-refractivity contribution < 1.29 is 9.53 Å². The third-order valence-electron chi connectivity index (χ3n) is 4.09. The summed E-state index contributed by atoms with van der Waals surface area (Å²) in [6.45, 7) is 4.90. The average Bonchev–Trinajstić information content (AvgIpc) is 3.20. The normalized spacial score (nSPS) is 10.4. The van der Waals surface area contributed by atoms with Crippen LogP contribution < -0.4 is 15.4 Å². The molecule has 2 aromatic carbocycles. The zero-order valence-corrected chi connectivity index (χ0v) is 16.4. The lowest BCUT2D eigenvalue weighted by Crippen LogP contribution is -2.28. The summed E-state index contributed by atoms with van der Waals surface area (Å²) in [4.78, 5) is 16.4. The van der Waals surface area contributed by atoms with Gasteiger partial charge < -0.3 is 19.9 Å². The summed E-state index contributed by atoms with van der Waals surface area (Å²) in [5, 5.41) is 14.7. The molecule has 148 valence electrons. The van der Waals surface area contributed by atoms with Gasteiger partial charge in [0.1, 0.15) is 5.75 Å². The van der Waals surface area contributed by atoms with Gasteiger partial charge in [-0.1, -0.05) is 24.3 Å². The first kappa shape index (κ1) is 20.0. The van der Waals surface area contributed by atoms with Crippen molar-refractivity contribution in [1.82, 2.24) is 14.9 Å². The molecule has 0 unspecified atom stereocenters. The minimum atomic E-state index is -0.367. The first-order valence-electron chi connectivity index (χ1n) is 9.32. The number of aromatic nitrogens is 2. The van der Waals surface area contributed by atoms with Crippen molar-refractivity contribution in [3.8, 4) is 11.8 Å². The van der Waals surface area contributed by atoms with E-state index in [4.69, 9.17) is 10.00 Å². The van der Waals surface area contributed by atoms with Crippen molar-refractivity contribution in [2.24, 2.45) is 0 Å². The van der Waals surface area contributed by atoms with Gasteiger partial charge in [0.15, 0.2) is 0 Å². The molecule has 0 aliphatic heterocycles. The Bertz CT molecular complexity index is 1010. The molecule has 0 aliphatic rings. The van der Waals surface area contributed by atoms with Crippen LogP contribution in [0.1, 0.15) is 30.5 Å². The number of urea groups is 1. The lowest BCUT2D eigenvalue weighted by atomic mass is 10.1. The zero-order chi connectivity index (χ0) is 20.6. The minimum absolute atomic E-state index is 0.0511. The molecule has 2 N–H and O–H groups in total. The van der Waals surface area contributed by atoms with Crippen LogP contribution in [0.4, 0.5) is 10.5 Å². The number of nitrogens with one attached hydrogen (secondary N) is 2. The summed E-state index contributed by atoms with van der Waals surface area (Å²) in [6.07, 6.45) is 5.37. The molecule has 7 nitrogen and oxygen atoms in total. The van der Waals surface area contributed by atoms with Gasteiger partial charge in [0.25, 0.3) is 0 Å². The topological polar surface area (TPSA) is 92.0 Å². The maximum atomic E-state index is 12.4. The van der Waals surface area contributed by atoms with E-state index in [1.54, 1.807) is 30.7 Å². The Morgan fingerprint density at radius 3 is 2.79 bits per heavy atom. The molecule has 7 heteroatoms. The van der Waals surface area contributed by atoms with Gasteiger partial charge in [-0.3, -0.25) is 0 Å². The standard InChI is InChI=1S/C22H23N5O2/c1-16(2)29-21-7-6-17(12-23)11-20(21)26-22(28)25-13-18-4-3-5-19(10-18)14-27-9-8-24-15-27/h3-11,15-16H,13-14H2,1-2H3,(H2,25,26,28). The summed E-state index contributed by atoms with van der Waals surface area (Å²) in [5.41, 5.74) is 3.02. The van der Waals surface area contributed by atoms with Gasteiger partial charge in [-0.15, -0.1) is 0 Å². The largest absolute Gasteiger partial charge is 0.489 e. The molecule has 0 aliphatic carbocycles. The van der Waals surface area contributed by atoms with Gasteiger partial charge >= 0.3 is 6.03 Å². The van der Waals surface area contributed by atoms with Crippen LogP contribution in [-0.2, 0) is 13.1 Å². The number of benzene rings is 2. The number of nitrogens with zero attached hydrogens (tertiary/aromatic N) is 3. The van der Waals surface area contributed by atoms with Gasteiger partial charge in [0, 0.05) is 25.5 Å². The van der Waals surface area contributed by atoms with E-state index < -0.39 is 0 Å². The molecule has 0 radical (unpaired) electrons. The molecule has 1 heterocycles. The Balaban J connectivity index is 1.62. The van der Waals surface area contributed by atoms with E-state index in [-0.39, 0.29) is 12.1 Å².